The van der Waals surface area contributed by atoms with E-state index in [1.165, 1.54) is 22.8 Å². The Hall–Kier alpha value is -2.42. The van der Waals surface area contributed by atoms with Gasteiger partial charge in [-0.15, -0.1) is 0 Å². The molecule has 4 rings (SSSR count). The molecule has 3 aromatic rings. The van der Waals surface area contributed by atoms with E-state index in [1.807, 2.05) is 0 Å². The second kappa shape index (κ2) is 4.54. The van der Waals surface area contributed by atoms with Crippen LogP contribution in [0.3, 0.4) is 0 Å². The molecule has 0 aromatic carbocycles. The van der Waals surface area contributed by atoms with Crippen molar-refractivity contribution in [1.82, 2.24) is 15.0 Å². The lowest BCUT2D eigenvalue weighted by molar-refractivity contribution is 0.573. The lowest BCUT2D eigenvalue weighted by Gasteiger charge is -2.25. The molecular weight excluding hydrogens is 282 g/mol. The van der Waals surface area contributed by atoms with Crippen LogP contribution >= 0.6 is 0 Å². The number of rotatable bonds is 0. The summed E-state index contributed by atoms with van der Waals surface area (Å²) in [4.78, 5) is 10.8. The zero-order valence-electron chi connectivity index (χ0n) is 14.1. The summed E-state index contributed by atoms with van der Waals surface area (Å²) >= 11 is 0. The van der Waals surface area contributed by atoms with Crippen LogP contribution in [0.2, 0.25) is 0 Å². The molecule has 3 heteroatoms. The summed E-state index contributed by atoms with van der Waals surface area (Å²) in [5.74, 6) is 0. The highest BCUT2D eigenvalue weighted by atomic mass is 14.8. The van der Waals surface area contributed by atoms with Crippen LogP contribution in [0.5, 0.6) is 0 Å². The first kappa shape index (κ1) is 14.2. The topological polar surface area (TPSA) is 47.4 Å². The van der Waals surface area contributed by atoms with Gasteiger partial charge >= 0.3 is 0 Å². The molecule has 23 heavy (non-hydrogen) atoms. The summed E-state index contributed by atoms with van der Waals surface area (Å²) in [7, 11) is 0. The SMILES string of the molecule is CC1(C)c2ccc([nH]2)/C=C\c2ccc([nH]2)C(C)(C)c2ccc1[nH]2. The minimum absolute atomic E-state index is 0.0887. The summed E-state index contributed by atoms with van der Waals surface area (Å²) in [5.41, 5.74) is 6.95. The zero-order chi connectivity index (χ0) is 16.2. The van der Waals surface area contributed by atoms with E-state index >= 15 is 0 Å². The molecule has 0 saturated heterocycles. The Balaban J connectivity index is 1.97. The molecular formula is C20H23N3. The van der Waals surface area contributed by atoms with Gasteiger partial charge in [-0.1, -0.05) is 0 Å². The van der Waals surface area contributed by atoms with Crippen LogP contribution in [0.15, 0.2) is 36.4 Å². The van der Waals surface area contributed by atoms with Crippen LogP contribution < -0.4 is 0 Å². The fourth-order valence-corrected chi connectivity index (χ4v) is 3.34. The molecule has 6 bridgehead atoms. The highest BCUT2D eigenvalue weighted by molar-refractivity contribution is 5.67. The number of fused-ring (bicyclic) bond motifs is 6. The van der Waals surface area contributed by atoms with Crippen LogP contribution in [-0.4, -0.2) is 15.0 Å². The molecule has 0 spiro atoms. The lowest BCUT2D eigenvalue weighted by Crippen LogP contribution is -2.23. The van der Waals surface area contributed by atoms with Gasteiger partial charge in [-0.05, 0) is 76.2 Å². The summed E-state index contributed by atoms with van der Waals surface area (Å²) in [6.45, 7) is 9.00. The van der Waals surface area contributed by atoms with E-state index in [2.05, 4.69) is 91.2 Å². The Kier molecular flexibility index (Phi) is 2.80. The predicted molar refractivity (Wildman–Crippen MR) is 95.6 cm³/mol. The first-order valence-corrected chi connectivity index (χ1v) is 8.14. The van der Waals surface area contributed by atoms with E-state index < -0.39 is 0 Å². The third-order valence-corrected chi connectivity index (χ3v) is 5.24. The second-order valence-electron chi connectivity index (χ2n) is 7.52. The van der Waals surface area contributed by atoms with E-state index in [4.69, 9.17) is 0 Å². The Morgan fingerprint density at radius 2 is 0.870 bits per heavy atom. The molecule has 118 valence electrons. The summed E-state index contributed by atoms with van der Waals surface area (Å²) in [6.07, 6.45) is 4.25. The largest absolute Gasteiger partial charge is 0.361 e. The molecule has 3 nitrogen and oxygen atoms in total. The van der Waals surface area contributed by atoms with Gasteiger partial charge in [0, 0.05) is 45.0 Å². The number of hydrogen-bond acceptors (Lipinski definition) is 0. The minimum atomic E-state index is -0.0887. The van der Waals surface area contributed by atoms with E-state index in [0.717, 1.165) is 11.4 Å². The summed E-state index contributed by atoms with van der Waals surface area (Å²) < 4.78 is 0. The van der Waals surface area contributed by atoms with Crippen molar-refractivity contribution in [2.24, 2.45) is 0 Å². The first-order valence-electron chi connectivity index (χ1n) is 8.14. The number of H-pyrrole nitrogens is 3. The minimum Gasteiger partial charge on any atom is -0.361 e. The van der Waals surface area contributed by atoms with E-state index in [9.17, 15) is 0 Å². The van der Waals surface area contributed by atoms with Crippen molar-refractivity contribution in [1.29, 1.82) is 0 Å². The maximum absolute atomic E-state index is 3.67. The Bertz CT molecular complexity index is 813. The molecule has 0 fully saturated rings. The maximum Gasteiger partial charge on any atom is 0.0447 e. The fourth-order valence-electron chi connectivity index (χ4n) is 3.34. The van der Waals surface area contributed by atoms with Crippen molar-refractivity contribution in [2.45, 2.75) is 38.5 Å². The third-order valence-electron chi connectivity index (χ3n) is 5.24. The normalized spacial score (nSPS) is 19.5. The molecule has 1 aliphatic rings. The Labute approximate surface area is 136 Å². The van der Waals surface area contributed by atoms with Crippen molar-refractivity contribution >= 4 is 12.2 Å². The molecule has 3 N–H and O–H groups in total. The first-order chi connectivity index (χ1) is 10.9. The molecule has 0 saturated carbocycles. The summed E-state index contributed by atoms with van der Waals surface area (Å²) in [6, 6.07) is 13.1. The van der Waals surface area contributed by atoms with E-state index in [0.29, 0.717) is 0 Å². The average Bonchev–Trinajstić information content (AvgIpc) is 3.23. The molecule has 0 aliphatic carbocycles. The fraction of sp³-hybridized carbons (Fsp3) is 0.300. The van der Waals surface area contributed by atoms with Crippen molar-refractivity contribution in [3.8, 4) is 0 Å². The zero-order valence-corrected chi connectivity index (χ0v) is 14.1. The lowest BCUT2D eigenvalue weighted by atomic mass is 9.85. The number of aromatic amines is 3. The third kappa shape index (κ3) is 2.11. The second-order valence-corrected chi connectivity index (χ2v) is 7.52. The summed E-state index contributed by atoms with van der Waals surface area (Å²) in [5, 5.41) is 0. The number of hydrogen-bond donors (Lipinski definition) is 3. The quantitative estimate of drug-likeness (QED) is 0.534. The van der Waals surface area contributed by atoms with Gasteiger partial charge in [-0.3, -0.25) is 0 Å². The average molecular weight is 305 g/mol. The van der Waals surface area contributed by atoms with Crippen LogP contribution in [0.25, 0.3) is 12.2 Å². The molecule has 0 amide bonds. The number of aromatic nitrogens is 3. The van der Waals surface area contributed by atoms with Crippen molar-refractivity contribution in [2.75, 3.05) is 0 Å². The van der Waals surface area contributed by atoms with Gasteiger partial charge in [0.2, 0.25) is 0 Å². The molecule has 3 aromatic heterocycles. The predicted octanol–water partition coefficient (Wildman–Crippen LogP) is 4.81. The van der Waals surface area contributed by atoms with E-state index in [1.54, 1.807) is 0 Å². The number of nitrogens with one attached hydrogen (secondary N) is 3. The monoisotopic (exact) mass is 305 g/mol. The van der Waals surface area contributed by atoms with Crippen molar-refractivity contribution < 1.29 is 0 Å². The molecule has 0 radical (unpaired) electrons. The van der Waals surface area contributed by atoms with Gasteiger partial charge in [0.25, 0.3) is 0 Å². The molecule has 0 atom stereocenters. The highest BCUT2D eigenvalue weighted by Gasteiger charge is 2.31. The molecule has 0 unspecified atom stereocenters. The maximum atomic E-state index is 3.67. The van der Waals surface area contributed by atoms with Gasteiger partial charge in [-0.25, -0.2) is 0 Å². The molecule has 1 aliphatic heterocycles. The van der Waals surface area contributed by atoms with Gasteiger partial charge in [0.05, 0.1) is 0 Å². The van der Waals surface area contributed by atoms with Crippen LogP contribution in [0.4, 0.5) is 0 Å². The van der Waals surface area contributed by atoms with Gasteiger partial charge < -0.3 is 15.0 Å². The molecule has 4 heterocycles. The van der Waals surface area contributed by atoms with Gasteiger partial charge in [-0.2, -0.15) is 0 Å². The Morgan fingerprint density at radius 3 is 1.30 bits per heavy atom. The van der Waals surface area contributed by atoms with Crippen LogP contribution in [-0.2, 0) is 10.8 Å². The highest BCUT2D eigenvalue weighted by Crippen LogP contribution is 2.35. The standard InChI is InChI=1S/C20H23N3/c1-19(2)15-9-7-13(21-15)5-6-14-8-10-16(22-14)20(3,4)18-12-11-17(19)23-18/h5-12,21-23H,1-4H3/b6-5-. The van der Waals surface area contributed by atoms with E-state index in [-0.39, 0.29) is 10.8 Å². The van der Waals surface area contributed by atoms with Gasteiger partial charge in [0.1, 0.15) is 0 Å². The Morgan fingerprint density at radius 1 is 0.522 bits per heavy atom. The van der Waals surface area contributed by atoms with Crippen molar-refractivity contribution in [3.05, 3.63) is 70.6 Å². The van der Waals surface area contributed by atoms with Crippen LogP contribution in [0.1, 0.15) is 61.9 Å². The van der Waals surface area contributed by atoms with Crippen LogP contribution in [0, 0.1) is 0 Å². The van der Waals surface area contributed by atoms with Crippen molar-refractivity contribution in [3.63, 3.8) is 0 Å². The smallest absolute Gasteiger partial charge is 0.0447 e. The van der Waals surface area contributed by atoms with Gasteiger partial charge in [0.15, 0.2) is 0 Å².